The molecule has 0 fully saturated rings. The molecule has 0 aliphatic carbocycles. The molecule has 0 saturated carbocycles. The lowest BCUT2D eigenvalue weighted by Gasteiger charge is -2.08. The zero-order valence-corrected chi connectivity index (χ0v) is 11.2. The predicted molar refractivity (Wildman–Crippen MR) is 69.8 cm³/mol. The Morgan fingerprint density at radius 1 is 1.54 bits per heavy atom. The highest BCUT2D eigenvalue weighted by atomic mass is 127. The Morgan fingerprint density at radius 2 is 2.15 bits per heavy atom. The Morgan fingerprint density at radius 3 is 2.62 bits per heavy atom. The van der Waals surface area contributed by atoms with Gasteiger partial charge in [-0.1, -0.05) is 48.1 Å². The van der Waals surface area contributed by atoms with Gasteiger partial charge in [0.1, 0.15) is 4.05 Å². The van der Waals surface area contributed by atoms with E-state index in [0.717, 1.165) is 12.8 Å². The van der Waals surface area contributed by atoms with E-state index < -0.39 is 0 Å². The Labute approximate surface area is 95.9 Å². The Hall–Kier alpha value is 0.140. The van der Waals surface area contributed by atoms with E-state index in [2.05, 4.69) is 67.6 Å². The second-order valence-electron chi connectivity index (χ2n) is 3.34. The third kappa shape index (κ3) is 6.24. The molecular formula is C11H20IN. The van der Waals surface area contributed by atoms with Crippen LogP contribution < -0.4 is 0 Å². The van der Waals surface area contributed by atoms with E-state index in [4.69, 9.17) is 0 Å². The van der Waals surface area contributed by atoms with Crippen molar-refractivity contribution in [2.45, 2.75) is 44.6 Å². The second kappa shape index (κ2) is 7.54. The number of rotatable bonds is 5. The van der Waals surface area contributed by atoms with Crippen LogP contribution in [0.5, 0.6) is 0 Å². The minimum atomic E-state index is 0.454. The first kappa shape index (κ1) is 13.1. The Balaban J connectivity index is 3.82. The van der Waals surface area contributed by atoms with Crippen LogP contribution >= 0.6 is 22.6 Å². The number of allylic oxidation sites excluding steroid dienone is 2. The van der Waals surface area contributed by atoms with Gasteiger partial charge in [-0.3, -0.25) is 4.99 Å². The fraction of sp³-hybridized carbons (Fsp3) is 0.727. The summed E-state index contributed by atoms with van der Waals surface area (Å²) in [4.78, 5) is 4.43. The van der Waals surface area contributed by atoms with Gasteiger partial charge in [-0.15, -0.1) is 0 Å². The van der Waals surface area contributed by atoms with Crippen LogP contribution in [-0.2, 0) is 0 Å². The zero-order valence-electron chi connectivity index (χ0n) is 9.05. The Kier molecular flexibility index (Phi) is 7.62. The third-order valence-electron chi connectivity index (χ3n) is 2.30. The maximum absolute atomic E-state index is 4.43. The van der Waals surface area contributed by atoms with Gasteiger partial charge in [-0.25, -0.2) is 0 Å². The molecule has 0 aliphatic rings. The monoisotopic (exact) mass is 293 g/mol. The lowest BCUT2D eigenvalue weighted by atomic mass is 10.00. The van der Waals surface area contributed by atoms with Crippen molar-refractivity contribution < 1.29 is 0 Å². The first-order valence-electron chi connectivity index (χ1n) is 4.90. The fourth-order valence-corrected chi connectivity index (χ4v) is 1.14. The minimum Gasteiger partial charge on any atom is -0.284 e. The van der Waals surface area contributed by atoms with Gasteiger partial charge < -0.3 is 0 Å². The standard InChI is InChI=1S/C11H20IN/c1-5-9(3)10(4)7-8-13-11(12)6-2/h5,8,10-11H,6-7H2,1-4H3/b9-5-,13-8+/t10?,11-/m1/s1. The van der Waals surface area contributed by atoms with Crippen molar-refractivity contribution in [3.05, 3.63) is 11.6 Å². The molecular weight excluding hydrogens is 273 g/mol. The van der Waals surface area contributed by atoms with Crippen molar-refractivity contribution in [2.75, 3.05) is 0 Å². The van der Waals surface area contributed by atoms with Crippen molar-refractivity contribution in [2.24, 2.45) is 10.9 Å². The summed E-state index contributed by atoms with van der Waals surface area (Å²) in [6.07, 6.45) is 6.43. The van der Waals surface area contributed by atoms with Gasteiger partial charge in [0.25, 0.3) is 0 Å². The summed E-state index contributed by atoms with van der Waals surface area (Å²) in [7, 11) is 0. The van der Waals surface area contributed by atoms with Crippen molar-refractivity contribution in [1.82, 2.24) is 0 Å². The van der Waals surface area contributed by atoms with Crippen molar-refractivity contribution >= 4 is 28.8 Å². The molecule has 0 spiro atoms. The highest BCUT2D eigenvalue weighted by molar-refractivity contribution is 14.1. The van der Waals surface area contributed by atoms with Crippen LogP contribution in [0, 0.1) is 5.92 Å². The van der Waals surface area contributed by atoms with Gasteiger partial charge in [0, 0.05) is 6.21 Å². The van der Waals surface area contributed by atoms with Crippen LogP contribution in [0.15, 0.2) is 16.6 Å². The van der Waals surface area contributed by atoms with E-state index in [-0.39, 0.29) is 0 Å². The molecule has 0 N–H and O–H groups in total. The summed E-state index contributed by atoms with van der Waals surface area (Å²) in [6.45, 7) is 8.68. The maximum atomic E-state index is 4.43. The van der Waals surface area contributed by atoms with E-state index in [0.29, 0.717) is 9.97 Å². The molecule has 1 unspecified atom stereocenters. The Bertz CT molecular complexity index is 185. The van der Waals surface area contributed by atoms with Crippen LogP contribution in [0.2, 0.25) is 0 Å². The molecule has 0 rings (SSSR count). The lowest BCUT2D eigenvalue weighted by Crippen LogP contribution is -1.98. The number of hydrogen-bond donors (Lipinski definition) is 0. The van der Waals surface area contributed by atoms with Gasteiger partial charge in [0.05, 0.1) is 0 Å². The average molecular weight is 293 g/mol. The molecule has 13 heavy (non-hydrogen) atoms. The number of nitrogens with zero attached hydrogens (tertiary/aromatic N) is 1. The third-order valence-corrected chi connectivity index (χ3v) is 3.50. The van der Waals surface area contributed by atoms with Crippen molar-refractivity contribution in [1.29, 1.82) is 0 Å². The molecule has 0 amide bonds. The van der Waals surface area contributed by atoms with Gasteiger partial charge in [-0.2, -0.15) is 0 Å². The first-order chi connectivity index (χ1) is 6.11. The molecule has 0 radical (unpaired) electrons. The maximum Gasteiger partial charge on any atom is 0.100 e. The van der Waals surface area contributed by atoms with Gasteiger partial charge in [0.15, 0.2) is 0 Å². The van der Waals surface area contributed by atoms with E-state index in [1.165, 1.54) is 5.57 Å². The second-order valence-corrected chi connectivity index (χ2v) is 4.78. The number of aliphatic imine (C=N–C) groups is 1. The molecule has 0 aromatic carbocycles. The molecule has 1 nitrogen and oxygen atoms in total. The van der Waals surface area contributed by atoms with E-state index in [1.54, 1.807) is 0 Å². The van der Waals surface area contributed by atoms with Gasteiger partial charge in [0.2, 0.25) is 0 Å². The topological polar surface area (TPSA) is 12.4 Å². The van der Waals surface area contributed by atoms with Crippen molar-refractivity contribution in [3.63, 3.8) is 0 Å². The number of alkyl halides is 1. The van der Waals surface area contributed by atoms with Crippen molar-refractivity contribution in [3.8, 4) is 0 Å². The largest absolute Gasteiger partial charge is 0.284 e. The highest BCUT2D eigenvalue weighted by Crippen LogP contribution is 2.13. The minimum absolute atomic E-state index is 0.454. The first-order valence-corrected chi connectivity index (χ1v) is 6.14. The SMILES string of the molecule is C/C=C(/C)C(C)C/C=N/[C@@H](I)CC. The van der Waals surface area contributed by atoms with Crippen LogP contribution in [0.4, 0.5) is 0 Å². The molecule has 76 valence electrons. The summed E-state index contributed by atoms with van der Waals surface area (Å²) in [5, 5.41) is 0. The normalized spacial score (nSPS) is 17.8. The van der Waals surface area contributed by atoms with Crippen LogP contribution in [0.1, 0.15) is 40.5 Å². The summed E-state index contributed by atoms with van der Waals surface area (Å²) in [6, 6.07) is 0. The molecule has 0 aromatic heterocycles. The summed E-state index contributed by atoms with van der Waals surface area (Å²) in [5.41, 5.74) is 1.45. The molecule has 0 saturated heterocycles. The molecule has 2 heteroatoms. The summed E-state index contributed by atoms with van der Waals surface area (Å²) in [5.74, 6) is 0.634. The fourth-order valence-electron chi connectivity index (χ4n) is 0.909. The molecule has 0 bridgehead atoms. The average Bonchev–Trinajstić information content (AvgIpc) is 2.15. The van der Waals surface area contributed by atoms with Crippen LogP contribution in [0.3, 0.4) is 0 Å². The van der Waals surface area contributed by atoms with E-state index >= 15 is 0 Å². The van der Waals surface area contributed by atoms with Crippen LogP contribution in [0.25, 0.3) is 0 Å². The summed E-state index contributed by atoms with van der Waals surface area (Å²) >= 11 is 2.37. The van der Waals surface area contributed by atoms with E-state index in [9.17, 15) is 0 Å². The van der Waals surface area contributed by atoms with Gasteiger partial charge >= 0.3 is 0 Å². The number of halogens is 1. The highest BCUT2D eigenvalue weighted by Gasteiger charge is 2.01. The van der Waals surface area contributed by atoms with Gasteiger partial charge in [-0.05, 0) is 32.6 Å². The summed E-state index contributed by atoms with van der Waals surface area (Å²) < 4.78 is 0.454. The quantitative estimate of drug-likeness (QED) is 0.237. The predicted octanol–water partition coefficient (Wildman–Crippen LogP) is 4.22. The molecule has 0 aliphatic heterocycles. The van der Waals surface area contributed by atoms with Crippen LogP contribution in [-0.4, -0.2) is 10.3 Å². The van der Waals surface area contributed by atoms with E-state index in [1.807, 2.05) is 0 Å². The number of hydrogen-bond acceptors (Lipinski definition) is 1. The molecule has 0 heterocycles. The lowest BCUT2D eigenvalue weighted by molar-refractivity contribution is 0.717. The molecule has 2 atom stereocenters. The molecule has 0 aromatic rings. The zero-order chi connectivity index (χ0) is 10.3. The smallest absolute Gasteiger partial charge is 0.100 e.